The van der Waals surface area contributed by atoms with Crippen LogP contribution in [0.3, 0.4) is 0 Å². The van der Waals surface area contributed by atoms with Gasteiger partial charge in [-0.3, -0.25) is 4.79 Å². The van der Waals surface area contributed by atoms with Crippen LogP contribution >= 0.6 is 0 Å². The number of carbonyl (C=O) groups excluding carboxylic acids is 1. The van der Waals surface area contributed by atoms with Gasteiger partial charge in [0.2, 0.25) is 0 Å². The molecule has 0 aliphatic carbocycles. The van der Waals surface area contributed by atoms with Crippen molar-refractivity contribution in [1.82, 2.24) is 10.2 Å². The predicted molar refractivity (Wildman–Crippen MR) is 110 cm³/mol. The van der Waals surface area contributed by atoms with Gasteiger partial charge in [0.15, 0.2) is 0 Å². The molecule has 1 aromatic rings. The van der Waals surface area contributed by atoms with E-state index >= 15 is 0 Å². The number of aliphatic carboxylic acids is 2. The number of amides is 1. The number of ether oxygens (including phenoxy) is 1. The minimum Gasteiger partial charge on any atom is -0.486 e. The largest absolute Gasteiger partial charge is 0.486 e. The van der Waals surface area contributed by atoms with E-state index in [9.17, 15) is 18.8 Å². The highest BCUT2D eigenvalue weighted by molar-refractivity contribution is 5.98. The molecule has 4 aliphatic heterocycles. The third-order valence-electron chi connectivity index (χ3n) is 5.71. The summed E-state index contributed by atoms with van der Waals surface area (Å²) in [6.45, 7) is 7.08. The van der Waals surface area contributed by atoms with Gasteiger partial charge in [-0.2, -0.15) is 0 Å². The summed E-state index contributed by atoms with van der Waals surface area (Å²) in [6, 6.07) is 2.95. The average molecular weight is 434 g/mol. The number of carboxylic acid groups (broad SMARTS) is 2. The van der Waals surface area contributed by atoms with E-state index in [1.54, 1.807) is 0 Å². The zero-order valence-electron chi connectivity index (χ0n) is 17.6. The first-order valence-corrected chi connectivity index (χ1v) is 10.2. The maximum Gasteiger partial charge on any atom is 0.328 e. The van der Waals surface area contributed by atoms with Gasteiger partial charge >= 0.3 is 11.9 Å². The van der Waals surface area contributed by atoms with E-state index in [1.165, 1.54) is 12.1 Å². The second-order valence-electron chi connectivity index (χ2n) is 8.71. The lowest BCUT2D eigenvalue weighted by Gasteiger charge is -2.44. The number of rotatable bonds is 4. The van der Waals surface area contributed by atoms with E-state index < -0.39 is 11.9 Å². The molecule has 8 nitrogen and oxygen atoms in total. The number of nitrogens with one attached hydrogen (secondary N) is 1. The Bertz CT molecular complexity index is 890. The Morgan fingerprint density at radius 3 is 2.29 bits per heavy atom. The molecule has 1 aromatic carbocycles. The molecule has 0 spiro atoms. The Hall–Kier alpha value is -2.94. The molecule has 4 aliphatic rings. The molecule has 0 saturated carbocycles. The molecule has 1 unspecified atom stereocenters. The van der Waals surface area contributed by atoms with Crippen molar-refractivity contribution >= 4 is 17.8 Å². The maximum absolute atomic E-state index is 13.9. The van der Waals surface area contributed by atoms with Gasteiger partial charge in [-0.25, -0.2) is 14.0 Å². The fourth-order valence-corrected chi connectivity index (χ4v) is 4.36. The zero-order chi connectivity index (χ0) is 22.8. The quantitative estimate of drug-likeness (QED) is 0.621. The van der Waals surface area contributed by atoms with Crippen LogP contribution in [0.25, 0.3) is 0 Å². The zero-order valence-corrected chi connectivity index (χ0v) is 17.6. The molecule has 1 atom stereocenters. The average Bonchev–Trinajstić information content (AvgIpc) is 3.00. The minimum atomic E-state index is -1.26. The summed E-state index contributed by atoms with van der Waals surface area (Å²) in [7, 11) is 0. The van der Waals surface area contributed by atoms with Crippen molar-refractivity contribution in [2.45, 2.75) is 44.8 Å². The number of piperidine rings is 3. The highest BCUT2D eigenvalue weighted by Gasteiger charge is 2.37. The van der Waals surface area contributed by atoms with Crippen LogP contribution in [-0.2, 0) is 16.0 Å². The fraction of sp³-hybridized carbons (Fsp3) is 0.500. The highest BCUT2D eigenvalue weighted by atomic mass is 19.1. The van der Waals surface area contributed by atoms with Gasteiger partial charge in [0.05, 0.1) is 5.56 Å². The lowest BCUT2D eigenvalue weighted by molar-refractivity contribution is -0.134. The number of benzene rings is 1. The number of carboxylic acids is 2. The lowest BCUT2D eigenvalue weighted by Crippen LogP contribution is -2.57. The van der Waals surface area contributed by atoms with Gasteiger partial charge in [-0.1, -0.05) is 0 Å². The first kappa shape index (κ1) is 22.7. The lowest BCUT2D eigenvalue weighted by atomic mass is 9.84. The molecule has 9 heteroatoms. The Kier molecular flexibility index (Phi) is 6.64. The second kappa shape index (κ2) is 9.05. The van der Waals surface area contributed by atoms with E-state index in [0.717, 1.165) is 38.0 Å². The van der Waals surface area contributed by atoms with Crippen molar-refractivity contribution < 1.29 is 33.7 Å². The molecule has 3 fully saturated rings. The van der Waals surface area contributed by atoms with Crippen LogP contribution in [0.4, 0.5) is 4.39 Å². The molecule has 1 amide bonds. The number of carbonyl (C=O) groups is 3. The fourth-order valence-electron chi connectivity index (χ4n) is 4.36. The number of halogens is 1. The van der Waals surface area contributed by atoms with E-state index in [-0.39, 0.29) is 23.4 Å². The van der Waals surface area contributed by atoms with Crippen LogP contribution in [0.1, 0.15) is 42.6 Å². The number of hydrogen-bond acceptors (Lipinski definition) is 5. The molecule has 3 N–H and O–H groups in total. The summed E-state index contributed by atoms with van der Waals surface area (Å²) in [5.41, 5.74) is 0.733. The topological polar surface area (TPSA) is 116 Å². The Morgan fingerprint density at radius 1 is 1.16 bits per heavy atom. The first-order valence-electron chi connectivity index (χ1n) is 10.2. The molecular formula is C22H27FN2O6. The number of nitrogens with zero attached hydrogens (tertiary/aromatic N) is 1. The third-order valence-corrected chi connectivity index (χ3v) is 5.71. The van der Waals surface area contributed by atoms with Crippen molar-refractivity contribution in [3.05, 3.63) is 41.2 Å². The first-order chi connectivity index (χ1) is 14.5. The van der Waals surface area contributed by atoms with Gasteiger partial charge in [0.25, 0.3) is 5.91 Å². The molecule has 2 bridgehead atoms. The van der Waals surface area contributed by atoms with E-state index in [0.29, 0.717) is 35.8 Å². The van der Waals surface area contributed by atoms with E-state index in [2.05, 4.69) is 10.2 Å². The number of fused-ring (bicyclic) bond motifs is 4. The smallest absolute Gasteiger partial charge is 0.328 e. The SMILES string of the molecule is CC1(C)Cc2cc(F)cc(C(=O)NC3CN4CCC3CC4)c2O1.O=C(O)/C=C\C(=O)O. The van der Waals surface area contributed by atoms with Crippen molar-refractivity contribution in [3.8, 4) is 5.75 Å². The Morgan fingerprint density at radius 2 is 1.77 bits per heavy atom. The predicted octanol–water partition coefficient (Wildman–Crippen LogP) is 2.07. The second-order valence-corrected chi connectivity index (χ2v) is 8.71. The van der Waals surface area contributed by atoms with Crippen molar-refractivity contribution in [3.63, 3.8) is 0 Å². The van der Waals surface area contributed by atoms with Crippen molar-refractivity contribution in [2.75, 3.05) is 19.6 Å². The van der Waals surface area contributed by atoms with E-state index in [4.69, 9.17) is 14.9 Å². The maximum atomic E-state index is 13.9. The van der Waals surface area contributed by atoms with Crippen molar-refractivity contribution in [1.29, 1.82) is 0 Å². The molecule has 31 heavy (non-hydrogen) atoms. The van der Waals surface area contributed by atoms with Gasteiger partial charge in [0, 0.05) is 36.7 Å². The summed E-state index contributed by atoms with van der Waals surface area (Å²) < 4.78 is 19.8. The van der Waals surface area contributed by atoms with Crippen LogP contribution in [-0.4, -0.2) is 64.2 Å². The van der Waals surface area contributed by atoms with Gasteiger partial charge in [-0.15, -0.1) is 0 Å². The van der Waals surface area contributed by atoms with Crippen LogP contribution in [0.15, 0.2) is 24.3 Å². The summed E-state index contributed by atoms with van der Waals surface area (Å²) in [5, 5.41) is 18.7. The van der Waals surface area contributed by atoms with Crippen LogP contribution < -0.4 is 10.1 Å². The molecule has 4 heterocycles. The minimum absolute atomic E-state index is 0.165. The van der Waals surface area contributed by atoms with Gasteiger partial charge in [-0.05, 0) is 57.8 Å². The third kappa shape index (κ3) is 5.81. The summed E-state index contributed by atoms with van der Waals surface area (Å²) in [5.74, 6) is -2.00. The van der Waals surface area contributed by atoms with Crippen molar-refractivity contribution in [2.24, 2.45) is 5.92 Å². The Balaban J connectivity index is 0.000000293. The van der Waals surface area contributed by atoms with Gasteiger partial charge < -0.3 is 25.2 Å². The monoisotopic (exact) mass is 434 g/mol. The summed E-state index contributed by atoms with van der Waals surface area (Å²) in [6.07, 6.45) is 4.01. The molecule has 0 aromatic heterocycles. The van der Waals surface area contributed by atoms with Crippen LogP contribution in [0.2, 0.25) is 0 Å². The molecule has 168 valence electrons. The molecule has 0 radical (unpaired) electrons. The highest BCUT2D eigenvalue weighted by Crippen LogP contribution is 2.38. The summed E-state index contributed by atoms with van der Waals surface area (Å²) >= 11 is 0. The molecular weight excluding hydrogens is 407 g/mol. The van der Waals surface area contributed by atoms with Crippen LogP contribution in [0.5, 0.6) is 5.75 Å². The Labute approximate surface area is 179 Å². The van der Waals surface area contributed by atoms with Crippen LogP contribution in [0, 0.1) is 11.7 Å². The van der Waals surface area contributed by atoms with E-state index in [1.807, 2.05) is 13.8 Å². The normalized spacial score (nSPS) is 25.2. The summed E-state index contributed by atoms with van der Waals surface area (Å²) in [4.78, 5) is 34.2. The van der Waals surface area contributed by atoms with Gasteiger partial charge in [0.1, 0.15) is 17.2 Å². The molecule has 3 saturated heterocycles. The number of hydrogen-bond donors (Lipinski definition) is 3. The standard InChI is InChI=1S/C18H23FN2O2.C4H4O4/c1-18(2)9-12-7-13(19)8-14(16(12)23-18)17(22)20-15-10-21-5-3-11(15)4-6-21;5-3(6)1-2-4(7)8/h7-8,11,15H,3-6,9-10H2,1-2H3,(H,20,22);1-2H,(H,5,6)(H,7,8)/b;2-1-. The molecule has 5 rings (SSSR count).